The number of aryl methyl sites for hydroxylation is 1. The molecule has 0 fully saturated rings. The van der Waals surface area contributed by atoms with Gasteiger partial charge in [0, 0.05) is 15.7 Å². The first-order chi connectivity index (χ1) is 13.0. The van der Waals surface area contributed by atoms with E-state index in [1.807, 2.05) is 6.92 Å². The molecule has 3 aromatic rings. The van der Waals surface area contributed by atoms with Crippen molar-refractivity contribution in [3.05, 3.63) is 82.3 Å². The van der Waals surface area contributed by atoms with Crippen molar-refractivity contribution in [2.45, 2.75) is 6.92 Å². The normalized spacial score (nSPS) is 10.3. The number of nitrogens with one attached hydrogen (secondary N) is 1. The Morgan fingerprint density at radius 1 is 0.889 bits per heavy atom. The number of benzene rings is 3. The molecule has 0 saturated carbocycles. The molecule has 6 heteroatoms. The van der Waals surface area contributed by atoms with Gasteiger partial charge in [-0.25, -0.2) is 0 Å². The van der Waals surface area contributed by atoms with Crippen LogP contribution in [0.3, 0.4) is 0 Å². The molecule has 0 heterocycles. The number of halogens is 2. The van der Waals surface area contributed by atoms with Gasteiger partial charge in [-0.2, -0.15) is 0 Å². The molecule has 4 nitrogen and oxygen atoms in total. The second-order valence-electron chi connectivity index (χ2n) is 5.83. The number of hydrogen-bond acceptors (Lipinski definition) is 3. The van der Waals surface area contributed by atoms with Crippen LogP contribution in [0.5, 0.6) is 17.2 Å². The van der Waals surface area contributed by atoms with Crippen molar-refractivity contribution in [1.82, 2.24) is 0 Å². The fourth-order valence-corrected chi connectivity index (χ4v) is 2.71. The lowest BCUT2D eigenvalue weighted by molar-refractivity contribution is -0.118. The Morgan fingerprint density at radius 3 is 2.11 bits per heavy atom. The van der Waals surface area contributed by atoms with Crippen LogP contribution in [-0.4, -0.2) is 12.5 Å². The topological polar surface area (TPSA) is 47.6 Å². The molecule has 0 spiro atoms. The second-order valence-corrected chi connectivity index (χ2v) is 6.70. The summed E-state index contributed by atoms with van der Waals surface area (Å²) in [5.74, 6) is 1.71. The van der Waals surface area contributed by atoms with E-state index in [-0.39, 0.29) is 12.5 Å². The highest BCUT2D eigenvalue weighted by molar-refractivity contribution is 6.30. The highest BCUT2D eigenvalue weighted by atomic mass is 35.5. The molecule has 0 unspecified atom stereocenters. The van der Waals surface area contributed by atoms with E-state index in [4.69, 9.17) is 32.7 Å². The molecule has 27 heavy (non-hydrogen) atoms. The fraction of sp³-hybridized carbons (Fsp3) is 0.0952. The average molecular weight is 402 g/mol. The maximum Gasteiger partial charge on any atom is 0.262 e. The molecule has 1 amide bonds. The van der Waals surface area contributed by atoms with Crippen LogP contribution in [-0.2, 0) is 4.79 Å². The molecular formula is C21H17Cl2NO3. The lowest BCUT2D eigenvalue weighted by Gasteiger charge is -2.10. The van der Waals surface area contributed by atoms with E-state index >= 15 is 0 Å². The quantitative estimate of drug-likeness (QED) is 0.541. The lowest BCUT2D eigenvalue weighted by Crippen LogP contribution is -2.20. The highest BCUT2D eigenvalue weighted by Gasteiger charge is 2.06. The summed E-state index contributed by atoms with van der Waals surface area (Å²) in [5, 5.41) is 4.06. The molecule has 0 bridgehead atoms. The van der Waals surface area contributed by atoms with Gasteiger partial charge in [-0.1, -0.05) is 23.2 Å². The SMILES string of the molecule is Cc1cc(Cl)ccc1OCC(=O)Nc1ccc(Oc2ccc(Cl)cc2)cc1. The highest BCUT2D eigenvalue weighted by Crippen LogP contribution is 2.25. The number of hydrogen-bond donors (Lipinski definition) is 1. The van der Waals surface area contributed by atoms with Gasteiger partial charge in [-0.15, -0.1) is 0 Å². The molecule has 138 valence electrons. The molecule has 0 atom stereocenters. The number of amides is 1. The summed E-state index contributed by atoms with van der Waals surface area (Å²) in [6, 6.07) is 19.4. The Balaban J connectivity index is 1.52. The third kappa shape index (κ3) is 5.64. The van der Waals surface area contributed by atoms with Gasteiger partial charge in [0.1, 0.15) is 17.2 Å². The smallest absolute Gasteiger partial charge is 0.262 e. The van der Waals surface area contributed by atoms with E-state index in [9.17, 15) is 4.79 Å². The van der Waals surface area contributed by atoms with Gasteiger partial charge in [0.2, 0.25) is 0 Å². The molecule has 0 aliphatic rings. The van der Waals surface area contributed by atoms with E-state index in [0.717, 1.165) is 5.56 Å². The van der Waals surface area contributed by atoms with Crippen molar-refractivity contribution in [3.63, 3.8) is 0 Å². The minimum atomic E-state index is -0.254. The lowest BCUT2D eigenvalue weighted by atomic mass is 10.2. The van der Waals surface area contributed by atoms with Crippen molar-refractivity contribution >= 4 is 34.8 Å². The van der Waals surface area contributed by atoms with Crippen LogP contribution >= 0.6 is 23.2 Å². The molecule has 0 aliphatic heterocycles. The molecular weight excluding hydrogens is 385 g/mol. The predicted octanol–water partition coefficient (Wildman–Crippen LogP) is 6.11. The van der Waals surface area contributed by atoms with E-state index in [0.29, 0.717) is 33.0 Å². The van der Waals surface area contributed by atoms with Gasteiger partial charge in [-0.3, -0.25) is 4.79 Å². The zero-order valence-corrected chi connectivity index (χ0v) is 16.1. The van der Waals surface area contributed by atoms with Crippen LogP contribution in [0, 0.1) is 6.92 Å². The summed E-state index contributed by atoms with van der Waals surface area (Å²) in [4.78, 5) is 12.1. The van der Waals surface area contributed by atoms with Crippen molar-refractivity contribution in [2.24, 2.45) is 0 Å². The van der Waals surface area contributed by atoms with Crippen LogP contribution in [0.25, 0.3) is 0 Å². The van der Waals surface area contributed by atoms with Crippen LogP contribution in [0.1, 0.15) is 5.56 Å². The van der Waals surface area contributed by atoms with E-state index in [1.165, 1.54) is 0 Å². The van der Waals surface area contributed by atoms with Gasteiger partial charge in [0.05, 0.1) is 0 Å². The number of carbonyl (C=O) groups is 1. The summed E-state index contributed by atoms with van der Waals surface area (Å²) in [7, 11) is 0. The third-order valence-electron chi connectivity index (χ3n) is 3.68. The van der Waals surface area contributed by atoms with Crippen molar-refractivity contribution in [2.75, 3.05) is 11.9 Å². The van der Waals surface area contributed by atoms with Gasteiger partial charge < -0.3 is 14.8 Å². The maximum absolute atomic E-state index is 12.1. The van der Waals surface area contributed by atoms with Gasteiger partial charge in [0.25, 0.3) is 5.91 Å². The first kappa shape index (κ1) is 19.1. The summed E-state index contributed by atoms with van der Waals surface area (Å²) >= 11 is 11.8. The monoisotopic (exact) mass is 401 g/mol. The van der Waals surface area contributed by atoms with Crippen molar-refractivity contribution in [3.8, 4) is 17.2 Å². The fourth-order valence-electron chi connectivity index (χ4n) is 2.36. The Hall–Kier alpha value is -2.69. The number of rotatable bonds is 6. The molecule has 3 rings (SSSR count). The van der Waals surface area contributed by atoms with Gasteiger partial charge in [0.15, 0.2) is 6.61 Å². The molecule has 0 aliphatic carbocycles. The van der Waals surface area contributed by atoms with Crippen LogP contribution in [0.4, 0.5) is 5.69 Å². The summed E-state index contributed by atoms with van der Waals surface area (Å²) in [6.07, 6.45) is 0. The van der Waals surface area contributed by atoms with E-state index < -0.39 is 0 Å². The maximum atomic E-state index is 12.1. The van der Waals surface area contributed by atoms with Gasteiger partial charge >= 0.3 is 0 Å². The zero-order valence-electron chi connectivity index (χ0n) is 14.5. The predicted molar refractivity (Wildman–Crippen MR) is 108 cm³/mol. The standard InChI is InChI=1S/C21H17Cl2NO3/c1-14-12-16(23)4-11-20(14)26-13-21(25)24-17-5-9-19(10-6-17)27-18-7-2-15(22)3-8-18/h2-12H,13H2,1H3,(H,24,25). The summed E-state index contributed by atoms with van der Waals surface area (Å²) < 4.78 is 11.2. The number of anilines is 1. The summed E-state index contributed by atoms with van der Waals surface area (Å²) in [6.45, 7) is 1.78. The van der Waals surface area contributed by atoms with Crippen molar-refractivity contribution in [1.29, 1.82) is 0 Å². The second kappa shape index (κ2) is 8.80. The summed E-state index contributed by atoms with van der Waals surface area (Å²) in [5.41, 5.74) is 1.53. The van der Waals surface area contributed by atoms with E-state index in [1.54, 1.807) is 66.7 Å². The van der Waals surface area contributed by atoms with Crippen LogP contribution in [0.2, 0.25) is 10.0 Å². The average Bonchev–Trinajstić information content (AvgIpc) is 2.64. The molecule has 0 radical (unpaired) electrons. The molecule has 1 N–H and O–H groups in total. The van der Waals surface area contributed by atoms with Crippen LogP contribution in [0.15, 0.2) is 66.7 Å². The Bertz CT molecular complexity index is 925. The van der Waals surface area contributed by atoms with E-state index in [2.05, 4.69) is 5.32 Å². The first-order valence-electron chi connectivity index (χ1n) is 8.22. The minimum Gasteiger partial charge on any atom is -0.483 e. The Labute approximate surface area is 167 Å². The van der Waals surface area contributed by atoms with Crippen LogP contribution < -0.4 is 14.8 Å². The Kier molecular flexibility index (Phi) is 6.22. The minimum absolute atomic E-state index is 0.0918. The first-order valence-corrected chi connectivity index (χ1v) is 8.97. The largest absolute Gasteiger partial charge is 0.483 e. The Morgan fingerprint density at radius 2 is 1.48 bits per heavy atom. The number of carbonyl (C=O) groups excluding carboxylic acids is 1. The zero-order chi connectivity index (χ0) is 19.2. The molecule has 0 aromatic heterocycles. The third-order valence-corrected chi connectivity index (χ3v) is 4.17. The number of ether oxygens (including phenoxy) is 2. The molecule has 3 aromatic carbocycles. The molecule has 0 saturated heterocycles. The van der Waals surface area contributed by atoms with Gasteiger partial charge in [-0.05, 0) is 79.2 Å². The van der Waals surface area contributed by atoms with Crippen molar-refractivity contribution < 1.29 is 14.3 Å².